The van der Waals surface area contributed by atoms with E-state index >= 15 is 0 Å². The van der Waals surface area contributed by atoms with Crippen molar-refractivity contribution in [3.63, 3.8) is 0 Å². The Morgan fingerprint density at radius 1 is 0.960 bits per heavy atom. The molecule has 4 fully saturated rings. The van der Waals surface area contributed by atoms with Crippen LogP contribution in [0, 0.1) is 39.9 Å². The maximum absolute atomic E-state index is 10.6. The first-order valence-electron chi connectivity index (χ1n) is 10.8. The van der Waals surface area contributed by atoms with E-state index in [-0.39, 0.29) is 29.1 Å². The number of nitrogens with two attached hydrogens (primary N) is 1. The van der Waals surface area contributed by atoms with Gasteiger partial charge in [-0.2, -0.15) is 0 Å². The summed E-state index contributed by atoms with van der Waals surface area (Å²) in [7, 11) is 0. The number of aliphatic hydroxyl groups excluding tert-OH is 2. The van der Waals surface area contributed by atoms with Crippen LogP contribution in [0.25, 0.3) is 0 Å². The summed E-state index contributed by atoms with van der Waals surface area (Å²) in [5.74, 6) is 2.70. The van der Waals surface area contributed by atoms with Crippen LogP contribution in [0.1, 0.15) is 79.1 Å². The molecule has 4 aliphatic carbocycles. The van der Waals surface area contributed by atoms with Crippen LogP contribution in [-0.4, -0.2) is 28.5 Å². The molecule has 4 saturated carbocycles. The zero-order valence-electron chi connectivity index (χ0n) is 16.7. The lowest BCUT2D eigenvalue weighted by Gasteiger charge is -2.59. The summed E-state index contributed by atoms with van der Waals surface area (Å²) >= 11 is 0. The van der Waals surface area contributed by atoms with Crippen molar-refractivity contribution in [1.29, 1.82) is 0 Å². The maximum Gasteiger partial charge on any atom is 0.0610 e. The summed E-state index contributed by atoms with van der Waals surface area (Å²) in [6.07, 6.45) is 8.45. The van der Waals surface area contributed by atoms with Crippen LogP contribution >= 0.6 is 0 Å². The molecule has 6 unspecified atom stereocenters. The average molecular weight is 350 g/mol. The Kier molecular flexibility index (Phi) is 4.15. The van der Waals surface area contributed by atoms with Crippen molar-refractivity contribution in [1.82, 2.24) is 0 Å². The smallest absolute Gasteiger partial charge is 0.0610 e. The molecule has 0 aliphatic heterocycles. The summed E-state index contributed by atoms with van der Waals surface area (Å²) in [5.41, 5.74) is 7.19. The van der Waals surface area contributed by atoms with Gasteiger partial charge in [0.25, 0.3) is 0 Å². The van der Waals surface area contributed by atoms with Gasteiger partial charge in [-0.05, 0) is 92.8 Å². The second-order valence-corrected chi connectivity index (χ2v) is 10.9. The molecule has 0 aromatic carbocycles. The van der Waals surface area contributed by atoms with Gasteiger partial charge in [0, 0.05) is 11.5 Å². The predicted octanol–water partition coefficient (Wildman–Crippen LogP) is 3.71. The van der Waals surface area contributed by atoms with E-state index in [4.69, 9.17) is 5.73 Å². The Morgan fingerprint density at radius 3 is 2.24 bits per heavy atom. The molecule has 0 aromatic heterocycles. The molecule has 0 radical (unpaired) electrons. The van der Waals surface area contributed by atoms with Gasteiger partial charge in [-0.3, -0.25) is 0 Å². The van der Waals surface area contributed by atoms with Gasteiger partial charge in [0.1, 0.15) is 0 Å². The average Bonchev–Trinajstić information content (AvgIpc) is 3.08. The third-order valence-corrected chi connectivity index (χ3v) is 10.0. The molecule has 144 valence electrons. The Labute approximate surface area is 153 Å². The Morgan fingerprint density at radius 2 is 1.64 bits per heavy atom. The molecule has 3 nitrogen and oxygen atoms in total. The van der Waals surface area contributed by atoms with Gasteiger partial charge >= 0.3 is 0 Å². The van der Waals surface area contributed by atoms with E-state index in [1.165, 1.54) is 25.7 Å². The molecule has 10 atom stereocenters. The number of aliphatic hydroxyl groups is 2. The Balaban J connectivity index is 1.70. The molecule has 0 bridgehead atoms. The standard InChI is InChI=1S/C22H39NO2/c1-13-5-6-16-19(14(2)23)17(8-9-20(13,16)3)21(4)10-7-15(24)11-22(21)12-18(22)25/h13-19,24-25H,5-12,23H2,1-4H3/t13?,14-,15?,16+,17?,18?,19?,20-,21-,22?/m1/s1. The normalized spacial score (nSPS) is 59.6. The lowest BCUT2D eigenvalue weighted by Crippen LogP contribution is -2.56. The second-order valence-electron chi connectivity index (χ2n) is 10.9. The number of hydrogen-bond donors (Lipinski definition) is 3. The van der Waals surface area contributed by atoms with E-state index in [1.54, 1.807) is 0 Å². The molecule has 3 heteroatoms. The number of fused-ring (bicyclic) bond motifs is 1. The lowest BCUT2D eigenvalue weighted by atomic mass is 9.47. The third kappa shape index (κ3) is 2.34. The van der Waals surface area contributed by atoms with Crippen LogP contribution in [0.4, 0.5) is 0 Å². The fraction of sp³-hybridized carbons (Fsp3) is 1.00. The predicted molar refractivity (Wildman–Crippen MR) is 101 cm³/mol. The molecule has 0 heterocycles. The Bertz CT molecular complexity index is 536. The molecular formula is C22H39NO2. The fourth-order valence-corrected chi connectivity index (χ4v) is 8.08. The van der Waals surface area contributed by atoms with Crippen molar-refractivity contribution in [2.24, 2.45) is 45.7 Å². The highest BCUT2D eigenvalue weighted by Crippen LogP contribution is 2.72. The minimum absolute atomic E-state index is 0.0412. The SMILES string of the molecule is CC1CC[C@H]2C([C@@H](C)N)C([C@@]3(C)CCC(O)CC34CC4O)CC[C@]12C. The highest BCUT2D eigenvalue weighted by atomic mass is 16.3. The van der Waals surface area contributed by atoms with Gasteiger partial charge in [-0.15, -0.1) is 0 Å². The van der Waals surface area contributed by atoms with Gasteiger partial charge in [0.2, 0.25) is 0 Å². The van der Waals surface area contributed by atoms with E-state index in [2.05, 4.69) is 27.7 Å². The number of hydrogen-bond acceptors (Lipinski definition) is 3. The molecule has 25 heavy (non-hydrogen) atoms. The molecule has 0 saturated heterocycles. The summed E-state index contributed by atoms with van der Waals surface area (Å²) in [5, 5.41) is 20.9. The van der Waals surface area contributed by atoms with Gasteiger partial charge in [-0.1, -0.05) is 20.8 Å². The van der Waals surface area contributed by atoms with Crippen LogP contribution in [-0.2, 0) is 0 Å². The van der Waals surface area contributed by atoms with E-state index in [0.717, 1.165) is 37.5 Å². The highest BCUT2D eigenvalue weighted by molar-refractivity contribution is 5.19. The Hall–Kier alpha value is -0.120. The third-order valence-electron chi connectivity index (χ3n) is 10.0. The number of rotatable bonds is 2. The van der Waals surface area contributed by atoms with Crippen molar-refractivity contribution in [2.45, 2.75) is 97.3 Å². The summed E-state index contributed by atoms with van der Waals surface area (Å²) < 4.78 is 0. The molecule has 4 rings (SSSR count). The van der Waals surface area contributed by atoms with E-state index in [9.17, 15) is 10.2 Å². The first-order chi connectivity index (χ1) is 11.7. The first-order valence-corrected chi connectivity index (χ1v) is 10.8. The van der Waals surface area contributed by atoms with Crippen molar-refractivity contribution in [3.8, 4) is 0 Å². The lowest BCUT2D eigenvalue weighted by molar-refractivity contribution is -0.117. The van der Waals surface area contributed by atoms with Crippen LogP contribution in [0.15, 0.2) is 0 Å². The monoisotopic (exact) mass is 349 g/mol. The zero-order valence-corrected chi connectivity index (χ0v) is 16.7. The topological polar surface area (TPSA) is 66.5 Å². The zero-order chi connectivity index (χ0) is 18.2. The summed E-state index contributed by atoms with van der Waals surface area (Å²) in [6.45, 7) is 9.64. The van der Waals surface area contributed by atoms with Gasteiger partial charge < -0.3 is 15.9 Å². The van der Waals surface area contributed by atoms with Gasteiger partial charge in [-0.25, -0.2) is 0 Å². The van der Waals surface area contributed by atoms with Crippen LogP contribution in [0.5, 0.6) is 0 Å². The second kappa shape index (κ2) is 5.69. The van der Waals surface area contributed by atoms with Gasteiger partial charge in [0.05, 0.1) is 12.2 Å². The molecule has 4 aliphatic rings. The quantitative estimate of drug-likeness (QED) is 0.712. The van der Waals surface area contributed by atoms with Crippen LogP contribution in [0.2, 0.25) is 0 Å². The molecular weight excluding hydrogens is 310 g/mol. The van der Waals surface area contributed by atoms with Crippen molar-refractivity contribution < 1.29 is 10.2 Å². The molecule has 1 spiro atoms. The summed E-state index contributed by atoms with van der Waals surface area (Å²) in [4.78, 5) is 0. The maximum atomic E-state index is 10.6. The van der Waals surface area contributed by atoms with Crippen LogP contribution < -0.4 is 5.73 Å². The molecule has 4 N–H and O–H groups in total. The van der Waals surface area contributed by atoms with E-state index < -0.39 is 0 Å². The largest absolute Gasteiger partial charge is 0.393 e. The fourth-order valence-electron chi connectivity index (χ4n) is 8.08. The van der Waals surface area contributed by atoms with E-state index in [0.29, 0.717) is 17.3 Å². The molecule has 0 amide bonds. The van der Waals surface area contributed by atoms with Crippen molar-refractivity contribution in [2.75, 3.05) is 0 Å². The van der Waals surface area contributed by atoms with Crippen LogP contribution in [0.3, 0.4) is 0 Å². The summed E-state index contributed by atoms with van der Waals surface area (Å²) in [6, 6.07) is 0.219. The first kappa shape index (κ1) is 18.3. The van der Waals surface area contributed by atoms with Crippen molar-refractivity contribution >= 4 is 0 Å². The molecule has 0 aromatic rings. The minimum atomic E-state index is -0.223. The van der Waals surface area contributed by atoms with E-state index in [1.807, 2.05) is 0 Å². The van der Waals surface area contributed by atoms with Crippen molar-refractivity contribution in [3.05, 3.63) is 0 Å². The van der Waals surface area contributed by atoms with Gasteiger partial charge in [0.15, 0.2) is 0 Å². The minimum Gasteiger partial charge on any atom is -0.393 e. The highest BCUT2D eigenvalue weighted by Gasteiger charge is 2.70.